The van der Waals surface area contributed by atoms with Crippen LogP contribution in [0.4, 0.5) is 0 Å². The Bertz CT molecular complexity index is 540. The van der Waals surface area contributed by atoms with E-state index >= 15 is 0 Å². The van der Waals surface area contributed by atoms with Gasteiger partial charge < -0.3 is 0 Å². The van der Waals surface area contributed by atoms with E-state index in [0.29, 0.717) is 0 Å². The van der Waals surface area contributed by atoms with E-state index in [-0.39, 0.29) is 0 Å². The predicted molar refractivity (Wildman–Crippen MR) is 57.4 cm³/mol. The van der Waals surface area contributed by atoms with Crippen molar-refractivity contribution in [3.8, 4) is 11.1 Å². The van der Waals surface area contributed by atoms with Gasteiger partial charge >= 0.3 is 0 Å². The van der Waals surface area contributed by atoms with Gasteiger partial charge in [-0.05, 0) is 34.4 Å². The quantitative estimate of drug-likeness (QED) is 0.515. The zero-order valence-electron chi connectivity index (χ0n) is 7.13. The first-order chi connectivity index (χ1) is 6.45. The van der Waals surface area contributed by atoms with Crippen LogP contribution in [0.5, 0.6) is 0 Å². The van der Waals surface area contributed by atoms with Crippen LogP contribution in [-0.2, 0) is 6.42 Å². The van der Waals surface area contributed by atoms with Gasteiger partial charge in [-0.2, -0.15) is 0 Å². The average Bonchev–Trinajstić information content (AvgIpc) is 2.71. The van der Waals surface area contributed by atoms with Crippen LogP contribution in [0.25, 0.3) is 21.9 Å². The van der Waals surface area contributed by atoms with Crippen LogP contribution in [0.3, 0.4) is 0 Å². The predicted octanol–water partition coefficient (Wildman–Crippen LogP) is 3.47. The summed E-state index contributed by atoms with van der Waals surface area (Å²) in [6.45, 7) is 0. The molecule has 0 saturated heterocycles. The summed E-state index contributed by atoms with van der Waals surface area (Å²) in [4.78, 5) is 1.58. The molecule has 62 valence electrons. The molecule has 4 rings (SSSR count). The molecule has 2 aromatic rings. The van der Waals surface area contributed by atoms with E-state index < -0.39 is 0 Å². The molecule has 1 heteroatoms. The molecule has 0 radical (unpaired) electrons. The number of fused-ring (bicyclic) bond motifs is 3. The van der Waals surface area contributed by atoms with Gasteiger partial charge in [0.2, 0.25) is 0 Å². The van der Waals surface area contributed by atoms with Gasteiger partial charge in [0.15, 0.2) is 0 Å². The van der Waals surface area contributed by atoms with Crippen molar-refractivity contribution in [2.45, 2.75) is 11.3 Å². The Morgan fingerprint density at radius 3 is 3.23 bits per heavy atom. The maximum absolute atomic E-state index is 2.38. The van der Waals surface area contributed by atoms with E-state index in [2.05, 4.69) is 24.3 Å². The zero-order chi connectivity index (χ0) is 8.41. The van der Waals surface area contributed by atoms with Gasteiger partial charge in [0, 0.05) is 16.2 Å². The molecule has 1 aliphatic heterocycles. The monoisotopic (exact) mass is 184 g/mol. The minimum atomic E-state index is 1.27. The van der Waals surface area contributed by atoms with Crippen molar-refractivity contribution in [1.82, 2.24) is 0 Å². The molecule has 0 amide bonds. The molecule has 0 N–H and O–H groups in total. The molecule has 2 aromatic carbocycles. The number of rotatable bonds is 0. The Labute approximate surface area is 81.0 Å². The third kappa shape index (κ3) is 0.659. The third-order valence-corrected chi connectivity index (χ3v) is 4.18. The van der Waals surface area contributed by atoms with E-state index in [0.717, 1.165) is 0 Å². The molecule has 0 bridgehead atoms. The fourth-order valence-electron chi connectivity index (χ4n) is 2.38. The fraction of sp³-hybridized carbons (Fsp3) is 0.167. The van der Waals surface area contributed by atoms with Crippen molar-refractivity contribution >= 4 is 22.5 Å². The largest absolute Gasteiger partial charge is 0.125 e. The van der Waals surface area contributed by atoms with E-state index in [1.165, 1.54) is 28.5 Å². The lowest BCUT2D eigenvalue weighted by molar-refractivity contribution is 1.16. The number of thioether (sulfide) groups is 1. The summed E-state index contributed by atoms with van der Waals surface area (Å²) in [6.07, 6.45) is 1.27. The van der Waals surface area contributed by atoms with E-state index in [4.69, 9.17) is 0 Å². The fourth-order valence-corrected chi connectivity index (χ4v) is 3.61. The molecule has 0 nitrogen and oxygen atoms in total. The van der Waals surface area contributed by atoms with E-state index in [1.807, 2.05) is 11.8 Å². The van der Waals surface area contributed by atoms with Crippen molar-refractivity contribution in [2.75, 3.05) is 5.75 Å². The standard InChI is InChI=1S/C12H8S/c1-2-7-6-8-4-5-13-12(8)11-9(3-1)10(7)11/h1-3,6H,4-5H2. The lowest BCUT2D eigenvalue weighted by Crippen LogP contribution is -1.77. The zero-order valence-corrected chi connectivity index (χ0v) is 7.95. The average molecular weight is 184 g/mol. The van der Waals surface area contributed by atoms with Crippen molar-refractivity contribution in [2.24, 2.45) is 0 Å². The topological polar surface area (TPSA) is 0 Å². The highest BCUT2D eigenvalue weighted by atomic mass is 32.2. The van der Waals surface area contributed by atoms with Gasteiger partial charge in [-0.3, -0.25) is 0 Å². The number of hydrogen-bond acceptors (Lipinski definition) is 1. The molecule has 0 fully saturated rings. The Morgan fingerprint density at radius 1 is 1.23 bits per heavy atom. The summed E-state index contributed by atoms with van der Waals surface area (Å²) in [5, 5.41) is 2.99. The molecule has 13 heavy (non-hydrogen) atoms. The van der Waals surface area contributed by atoms with Gasteiger partial charge in [0.1, 0.15) is 0 Å². The summed E-state index contributed by atoms with van der Waals surface area (Å²) in [5.41, 5.74) is 4.65. The number of aryl methyl sites for hydroxylation is 1. The number of hydrogen-bond donors (Lipinski definition) is 0. The van der Waals surface area contributed by atoms with Gasteiger partial charge in [0.25, 0.3) is 0 Å². The van der Waals surface area contributed by atoms with Crippen LogP contribution in [0, 0.1) is 0 Å². The molecular formula is C12H8S. The highest BCUT2D eigenvalue weighted by Gasteiger charge is 2.29. The first-order valence-electron chi connectivity index (χ1n) is 4.67. The maximum atomic E-state index is 2.38. The van der Waals surface area contributed by atoms with Crippen LogP contribution >= 0.6 is 11.8 Å². The van der Waals surface area contributed by atoms with E-state index in [9.17, 15) is 0 Å². The molecule has 1 heterocycles. The summed E-state index contributed by atoms with van der Waals surface area (Å²) in [6, 6.07) is 9.03. The molecule has 1 aliphatic carbocycles. The number of benzene rings is 2. The minimum Gasteiger partial charge on any atom is -0.125 e. The Kier molecular flexibility index (Phi) is 0.964. The molecular weight excluding hydrogens is 176 g/mol. The summed E-state index contributed by atoms with van der Waals surface area (Å²) in [7, 11) is 0. The second-order valence-electron chi connectivity index (χ2n) is 3.74. The first-order valence-corrected chi connectivity index (χ1v) is 5.65. The second-order valence-corrected chi connectivity index (χ2v) is 4.85. The lowest BCUT2D eigenvalue weighted by Gasteiger charge is -1.94. The molecule has 2 aliphatic rings. The Balaban J connectivity index is 2.23. The van der Waals surface area contributed by atoms with Crippen LogP contribution in [0.1, 0.15) is 5.56 Å². The van der Waals surface area contributed by atoms with Gasteiger partial charge in [-0.25, -0.2) is 0 Å². The normalized spacial score (nSPS) is 16.3. The van der Waals surface area contributed by atoms with Crippen LogP contribution in [0.15, 0.2) is 29.2 Å². The molecule has 0 unspecified atom stereocenters. The Hall–Kier alpha value is -0.950. The summed E-state index contributed by atoms with van der Waals surface area (Å²) >= 11 is 2.03. The van der Waals surface area contributed by atoms with Crippen molar-refractivity contribution in [3.05, 3.63) is 29.8 Å². The van der Waals surface area contributed by atoms with Crippen molar-refractivity contribution in [1.29, 1.82) is 0 Å². The summed E-state index contributed by atoms with van der Waals surface area (Å²) in [5.74, 6) is 1.28. The smallest absolute Gasteiger partial charge is 0.0190 e. The molecule has 0 spiro atoms. The lowest BCUT2D eigenvalue weighted by atomic mass is 10.1. The van der Waals surface area contributed by atoms with Gasteiger partial charge in [-0.15, -0.1) is 11.8 Å². The first kappa shape index (κ1) is 6.50. The Morgan fingerprint density at radius 2 is 2.23 bits per heavy atom. The van der Waals surface area contributed by atoms with Crippen molar-refractivity contribution in [3.63, 3.8) is 0 Å². The highest BCUT2D eigenvalue weighted by Crippen LogP contribution is 2.55. The SMILES string of the molecule is c1cc2c3c-2c2c(cc3c1)CCS2. The second kappa shape index (κ2) is 1.93. The molecule has 0 atom stereocenters. The van der Waals surface area contributed by atoms with Crippen LogP contribution < -0.4 is 0 Å². The van der Waals surface area contributed by atoms with Gasteiger partial charge in [0.05, 0.1) is 0 Å². The van der Waals surface area contributed by atoms with Crippen molar-refractivity contribution < 1.29 is 0 Å². The van der Waals surface area contributed by atoms with E-state index in [1.54, 1.807) is 16.0 Å². The molecule has 0 aromatic heterocycles. The van der Waals surface area contributed by atoms with Gasteiger partial charge in [-0.1, -0.05) is 18.2 Å². The molecule has 0 saturated carbocycles. The highest BCUT2D eigenvalue weighted by molar-refractivity contribution is 7.99. The maximum Gasteiger partial charge on any atom is 0.0190 e. The van der Waals surface area contributed by atoms with Crippen LogP contribution in [-0.4, -0.2) is 5.75 Å². The minimum absolute atomic E-state index is 1.27. The van der Waals surface area contributed by atoms with Crippen LogP contribution in [0.2, 0.25) is 0 Å². The third-order valence-electron chi connectivity index (χ3n) is 3.02. The summed E-state index contributed by atoms with van der Waals surface area (Å²) < 4.78 is 0.